The van der Waals surface area contributed by atoms with Crippen molar-refractivity contribution in [2.75, 3.05) is 12.4 Å². The van der Waals surface area contributed by atoms with Gasteiger partial charge in [-0.05, 0) is 39.5 Å². The lowest BCUT2D eigenvalue weighted by Gasteiger charge is -2.31. The molecule has 1 unspecified atom stereocenters. The Kier molecular flexibility index (Phi) is 6.25. The Morgan fingerprint density at radius 1 is 1.38 bits per heavy atom. The van der Waals surface area contributed by atoms with Crippen LogP contribution in [0.5, 0.6) is 0 Å². The van der Waals surface area contributed by atoms with Crippen LogP contribution in [0.15, 0.2) is 5.16 Å². The van der Waals surface area contributed by atoms with Crippen molar-refractivity contribution in [3.63, 3.8) is 0 Å². The predicted molar refractivity (Wildman–Crippen MR) is 101 cm³/mol. The SMILES string of the molecule is Cc1nc(SCC(=O)NC2(C#N)CCCCC2)n(CC2CCCO2)c1C. The van der Waals surface area contributed by atoms with Crippen molar-refractivity contribution in [2.45, 2.75) is 82.1 Å². The predicted octanol–water partition coefficient (Wildman–Crippen LogP) is 3.11. The van der Waals surface area contributed by atoms with Crippen LogP contribution in [0.25, 0.3) is 0 Å². The second-order valence-electron chi connectivity index (χ2n) is 7.40. The molecule has 142 valence electrons. The van der Waals surface area contributed by atoms with Crippen LogP contribution in [0.1, 0.15) is 56.3 Å². The minimum Gasteiger partial charge on any atom is -0.376 e. The Morgan fingerprint density at radius 2 is 2.15 bits per heavy atom. The summed E-state index contributed by atoms with van der Waals surface area (Å²) in [5, 5.41) is 13.4. The van der Waals surface area contributed by atoms with Gasteiger partial charge in [0.15, 0.2) is 5.16 Å². The largest absolute Gasteiger partial charge is 0.376 e. The molecule has 1 amide bonds. The molecule has 2 heterocycles. The average Bonchev–Trinajstić information content (AvgIpc) is 3.25. The van der Waals surface area contributed by atoms with Crippen LogP contribution in [-0.2, 0) is 16.1 Å². The molecule has 3 rings (SSSR count). The Hall–Kier alpha value is -1.52. The van der Waals surface area contributed by atoms with Gasteiger partial charge < -0.3 is 14.6 Å². The summed E-state index contributed by atoms with van der Waals surface area (Å²) in [6.45, 7) is 5.68. The first-order valence-electron chi connectivity index (χ1n) is 9.53. The van der Waals surface area contributed by atoms with Crippen LogP contribution >= 0.6 is 11.8 Å². The van der Waals surface area contributed by atoms with Crippen LogP contribution in [0, 0.1) is 25.2 Å². The van der Waals surface area contributed by atoms with Gasteiger partial charge in [0.2, 0.25) is 5.91 Å². The van der Waals surface area contributed by atoms with Crippen LogP contribution in [0.4, 0.5) is 0 Å². The number of carbonyl (C=O) groups is 1. The number of carbonyl (C=O) groups excluding carboxylic acids is 1. The second-order valence-corrected chi connectivity index (χ2v) is 8.34. The van der Waals surface area contributed by atoms with E-state index in [9.17, 15) is 10.1 Å². The molecule has 2 aliphatic rings. The van der Waals surface area contributed by atoms with E-state index in [1.165, 1.54) is 11.8 Å². The lowest BCUT2D eigenvalue weighted by atomic mass is 9.83. The van der Waals surface area contributed by atoms with Crippen LogP contribution in [0.2, 0.25) is 0 Å². The molecule has 1 aromatic rings. The summed E-state index contributed by atoms with van der Waals surface area (Å²) in [5.74, 6) is 0.200. The summed E-state index contributed by atoms with van der Waals surface area (Å²) in [6, 6.07) is 2.34. The molecule has 0 bridgehead atoms. The summed E-state index contributed by atoms with van der Waals surface area (Å²) in [6.07, 6.45) is 7.09. The third-order valence-corrected chi connectivity index (χ3v) is 6.44. The minimum absolute atomic E-state index is 0.0829. The first-order chi connectivity index (χ1) is 12.5. The van der Waals surface area contributed by atoms with Crippen molar-refractivity contribution in [3.05, 3.63) is 11.4 Å². The van der Waals surface area contributed by atoms with Crippen LogP contribution in [-0.4, -0.2) is 39.5 Å². The maximum absolute atomic E-state index is 12.5. The summed E-state index contributed by atoms with van der Waals surface area (Å²) in [5.41, 5.74) is 1.45. The molecule has 0 spiro atoms. The number of ether oxygens (including phenoxy) is 1. The van der Waals surface area contributed by atoms with E-state index in [4.69, 9.17) is 4.74 Å². The third-order valence-electron chi connectivity index (χ3n) is 5.47. The zero-order valence-corrected chi connectivity index (χ0v) is 16.5. The summed E-state index contributed by atoms with van der Waals surface area (Å²) in [4.78, 5) is 17.1. The summed E-state index contributed by atoms with van der Waals surface area (Å²) in [7, 11) is 0. The van der Waals surface area contributed by atoms with E-state index in [1.54, 1.807) is 0 Å². The lowest BCUT2D eigenvalue weighted by molar-refractivity contribution is -0.120. The van der Waals surface area contributed by atoms with Gasteiger partial charge in [0.05, 0.1) is 30.2 Å². The molecule has 2 fully saturated rings. The Bertz CT molecular complexity index is 682. The number of hydrogen-bond acceptors (Lipinski definition) is 5. The van der Waals surface area contributed by atoms with Crippen molar-refractivity contribution < 1.29 is 9.53 Å². The minimum atomic E-state index is -0.672. The Labute approximate surface area is 159 Å². The van der Waals surface area contributed by atoms with Gasteiger partial charge in [-0.3, -0.25) is 4.79 Å². The maximum Gasteiger partial charge on any atom is 0.231 e. The zero-order chi connectivity index (χ0) is 18.6. The van der Waals surface area contributed by atoms with Gasteiger partial charge in [-0.25, -0.2) is 4.98 Å². The van der Waals surface area contributed by atoms with Crippen molar-refractivity contribution >= 4 is 17.7 Å². The van der Waals surface area contributed by atoms with Gasteiger partial charge in [0, 0.05) is 12.3 Å². The number of nitriles is 1. The fraction of sp³-hybridized carbons (Fsp3) is 0.737. The molecule has 26 heavy (non-hydrogen) atoms. The molecule has 1 saturated heterocycles. The second kappa shape index (κ2) is 8.45. The first-order valence-corrected chi connectivity index (χ1v) is 10.5. The van der Waals surface area contributed by atoms with E-state index in [2.05, 4.69) is 27.9 Å². The molecule has 1 atom stereocenters. The van der Waals surface area contributed by atoms with Crippen molar-refractivity contribution in [3.8, 4) is 6.07 Å². The highest BCUT2D eigenvalue weighted by molar-refractivity contribution is 7.99. The number of imidazole rings is 1. The molecule has 1 saturated carbocycles. The smallest absolute Gasteiger partial charge is 0.231 e. The maximum atomic E-state index is 12.5. The van der Waals surface area contributed by atoms with E-state index < -0.39 is 5.54 Å². The van der Waals surface area contributed by atoms with E-state index >= 15 is 0 Å². The number of amides is 1. The first kappa shape index (κ1) is 19.2. The van der Waals surface area contributed by atoms with Crippen molar-refractivity contribution in [1.29, 1.82) is 5.26 Å². The molecule has 1 aliphatic carbocycles. The summed E-state index contributed by atoms with van der Waals surface area (Å²) >= 11 is 1.45. The number of hydrogen-bond donors (Lipinski definition) is 1. The molecule has 7 heteroatoms. The fourth-order valence-electron chi connectivity index (χ4n) is 3.79. The van der Waals surface area contributed by atoms with Crippen molar-refractivity contribution in [2.24, 2.45) is 0 Å². The highest BCUT2D eigenvalue weighted by Crippen LogP contribution is 2.28. The van der Waals surface area contributed by atoms with Gasteiger partial charge in [0.1, 0.15) is 5.54 Å². The van der Waals surface area contributed by atoms with Crippen molar-refractivity contribution in [1.82, 2.24) is 14.9 Å². The zero-order valence-electron chi connectivity index (χ0n) is 15.7. The quantitative estimate of drug-likeness (QED) is 0.772. The molecule has 1 aliphatic heterocycles. The molecule has 1 N–H and O–H groups in total. The molecule has 6 nitrogen and oxygen atoms in total. The van der Waals surface area contributed by atoms with Gasteiger partial charge >= 0.3 is 0 Å². The number of nitrogens with one attached hydrogen (secondary N) is 1. The van der Waals surface area contributed by atoms with E-state index in [1.807, 2.05) is 6.92 Å². The molecule has 1 aromatic heterocycles. The number of aryl methyl sites for hydroxylation is 1. The van der Waals surface area contributed by atoms with E-state index in [0.29, 0.717) is 0 Å². The van der Waals surface area contributed by atoms with Crippen LogP contribution in [0.3, 0.4) is 0 Å². The van der Waals surface area contributed by atoms with Gasteiger partial charge in [-0.2, -0.15) is 5.26 Å². The number of thioether (sulfide) groups is 1. The number of aromatic nitrogens is 2. The van der Waals surface area contributed by atoms with E-state index in [-0.39, 0.29) is 17.8 Å². The van der Waals surface area contributed by atoms with Gasteiger partial charge in [-0.15, -0.1) is 0 Å². The number of nitrogens with zero attached hydrogens (tertiary/aromatic N) is 3. The lowest BCUT2D eigenvalue weighted by Crippen LogP contribution is -2.49. The highest BCUT2D eigenvalue weighted by atomic mass is 32.2. The molecule has 0 aromatic carbocycles. The van der Waals surface area contributed by atoms with Gasteiger partial charge in [-0.1, -0.05) is 31.0 Å². The molecular weight excluding hydrogens is 348 g/mol. The van der Waals surface area contributed by atoms with E-state index in [0.717, 1.165) is 74.6 Å². The highest BCUT2D eigenvalue weighted by Gasteiger charge is 2.33. The molecule has 0 radical (unpaired) electrons. The number of rotatable bonds is 6. The monoisotopic (exact) mass is 376 g/mol. The summed E-state index contributed by atoms with van der Waals surface area (Å²) < 4.78 is 7.93. The fourth-order valence-corrected chi connectivity index (χ4v) is 4.69. The van der Waals surface area contributed by atoms with Crippen LogP contribution < -0.4 is 5.32 Å². The van der Waals surface area contributed by atoms with Gasteiger partial charge in [0.25, 0.3) is 0 Å². The average molecular weight is 377 g/mol. The molecular formula is C19H28N4O2S. The normalized spacial score (nSPS) is 22.1. The standard InChI is InChI=1S/C19H28N4O2S/c1-14-15(2)23(11-16-7-6-10-25-16)18(21-14)26-12-17(24)22-19(13-20)8-4-3-5-9-19/h16H,3-12H2,1-2H3,(H,22,24). The topological polar surface area (TPSA) is 79.9 Å². The third kappa shape index (κ3) is 4.41. The Balaban J connectivity index is 1.61. The Morgan fingerprint density at radius 3 is 2.81 bits per heavy atom.